The van der Waals surface area contributed by atoms with Crippen LogP contribution >= 0.6 is 0 Å². The monoisotopic (exact) mass is 328 g/mol. The van der Waals surface area contributed by atoms with Crippen LogP contribution in [-0.4, -0.2) is 0 Å². The number of hydrogen-bond donors (Lipinski definition) is 0. The van der Waals surface area contributed by atoms with Crippen LogP contribution in [0.15, 0.2) is 11.6 Å². The Morgan fingerprint density at radius 3 is 2.33 bits per heavy atom. The van der Waals surface area contributed by atoms with Gasteiger partial charge in [-0.15, -0.1) is 0 Å². The van der Waals surface area contributed by atoms with Crippen molar-refractivity contribution in [3.8, 4) is 0 Å². The highest BCUT2D eigenvalue weighted by Crippen LogP contribution is 2.65. The maximum atomic E-state index is 2.68. The molecule has 0 bridgehead atoms. The fraction of sp³-hybridized carbons (Fsp3) is 0.917. The third-order valence-electron chi connectivity index (χ3n) is 9.56. The number of allylic oxidation sites excluding steroid dienone is 2. The normalized spacial score (nSPS) is 53.7. The van der Waals surface area contributed by atoms with Crippen molar-refractivity contribution in [2.24, 2.45) is 40.4 Å². The van der Waals surface area contributed by atoms with Crippen molar-refractivity contribution in [2.75, 3.05) is 0 Å². The van der Waals surface area contributed by atoms with Gasteiger partial charge in [-0.05, 0) is 105 Å². The molecule has 4 aliphatic rings. The van der Waals surface area contributed by atoms with Crippen LogP contribution in [0.5, 0.6) is 0 Å². The van der Waals surface area contributed by atoms with Gasteiger partial charge < -0.3 is 0 Å². The second-order valence-corrected chi connectivity index (χ2v) is 10.6. The van der Waals surface area contributed by atoms with Gasteiger partial charge in [0.1, 0.15) is 0 Å². The highest BCUT2D eigenvalue weighted by Gasteiger charge is 2.55. The van der Waals surface area contributed by atoms with E-state index in [9.17, 15) is 0 Å². The van der Waals surface area contributed by atoms with Crippen molar-refractivity contribution < 1.29 is 0 Å². The maximum absolute atomic E-state index is 2.68. The van der Waals surface area contributed by atoms with Crippen molar-refractivity contribution in [1.29, 1.82) is 0 Å². The molecule has 7 unspecified atom stereocenters. The average molecular weight is 329 g/mol. The molecule has 0 amide bonds. The molecule has 0 nitrogen and oxygen atoms in total. The molecule has 0 saturated heterocycles. The Morgan fingerprint density at radius 2 is 1.54 bits per heavy atom. The first-order chi connectivity index (χ1) is 11.5. The first-order valence-corrected chi connectivity index (χ1v) is 11.1. The zero-order chi connectivity index (χ0) is 16.9. The van der Waals surface area contributed by atoms with Gasteiger partial charge in [-0.3, -0.25) is 0 Å². The largest absolute Gasteiger partial charge is 0.0879 e. The van der Waals surface area contributed by atoms with Crippen LogP contribution in [0.25, 0.3) is 0 Å². The minimum atomic E-state index is 0.555. The second-order valence-electron chi connectivity index (χ2n) is 10.6. The number of fused-ring (bicyclic) bond motifs is 5. The predicted octanol–water partition coefficient (Wildman–Crippen LogP) is 7.39. The summed E-state index contributed by atoms with van der Waals surface area (Å²) >= 11 is 0. The highest BCUT2D eigenvalue weighted by atomic mass is 14.6. The van der Waals surface area contributed by atoms with E-state index >= 15 is 0 Å². The van der Waals surface area contributed by atoms with Crippen molar-refractivity contribution in [2.45, 2.75) is 98.3 Å². The first-order valence-electron chi connectivity index (χ1n) is 11.1. The molecule has 4 rings (SSSR count). The topological polar surface area (TPSA) is 0 Å². The molecule has 0 N–H and O–H groups in total. The first kappa shape index (κ1) is 17.2. The van der Waals surface area contributed by atoms with Crippen LogP contribution < -0.4 is 0 Å². The zero-order valence-electron chi connectivity index (χ0n) is 16.7. The predicted molar refractivity (Wildman–Crippen MR) is 104 cm³/mol. The van der Waals surface area contributed by atoms with Gasteiger partial charge in [0.15, 0.2) is 0 Å². The SMILES string of the molecule is C/C=C1/CCCC2C3CCC4(C)CCC(C)CCC4C3CCC12C. The summed E-state index contributed by atoms with van der Waals surface area (Å²) in [5.74, 6) is 5.13. The van der Waals surface area contributed by atoms with Gasteiger partial charge in [-0.25, -0.2) is 0 Å². The lowest BCUT2D eigenvalue weighted by molar-refractivity contribution is -0.0823. The summed E-state index contributed by atoms with van der Waals surface area (Å²) in [5, 5.41) is 0. The Kier molecular flexibility index (Phi) is 4.41. The molecule has 4 aliphatic carbocycles. The summed E-state index contributed by atoms with van der Waals surface area (Å²) in [4.78, 5) is 0. The van der Waals surface area contributed by atoms with E-state index in [1.54, 1.807) is 12.8 Å². The molecule has 0 aromatic heterocycles. The average Bonchev–Trinajstić information content (AvgIpc) is 2.73. The lowest BCUT2D eigenvalue weighted by Gasteiger charge is -2.60. The van der Waals surface area contributed by atoms with Gasteiger partial charge in [0.25, 0.3) is 0 Å². The zero-order valence-corrected chi connectivity index (χ0v) is 16.7. The second kappa shape index (κ2) is 6.17. The van der Waals surface area contributed by atoms with Gasteiger partial charge in [-0.1, -0.05) is 45.3 Å². The third kappa shape index (κ3) is 2.53. The van der Waals surface area contributed by atoms with E-state index in [4.69, 9.17) is 0 Å². The Hall–Kier alpha value is -0.260. The quantitative estimate of drug-likeness (QED) is 0.407. The molecule has 24 heavy (non-hydrogen) atoms. The van der Waals surface area contributed by atoms with E-state index in [2.05, 4.69) is 33.8 Å². The Balaban J connectivity index is 1.62. The molecule has 0 aliphatic heterocycles. The van der Waals surface area contributed by atoms with Gasteiger partial charge >= 0.3 is 0 Å². The minimum absolute atomic E-state index is 0.555. The van der Waals surface area contributed by atoms with Gasteiger partial charge in [0, 0.05) is 0 Å². The molecule has 0 spiro atoms. The molecule has 7 atom stereocenters. The third-order valence-corrected chi connectivity index (χ3v) is 9.56. The van der Waals surface area contributed by atoms with Crippen LogP contribution in [0.2, 0.25) is 0 Å². The van der Waals surface area contributed by atoms with Crippen molar-refractivity contribution in [3.63, 3.8) is 0 Å². The molecule has 0 aromatic carbocycles. The maximum Gasteiger partial charge on any atom is -0.00854 e. The summed E-state index contributed by atoms with van der Waals surface area (Å²) < 4.78 is 0. The van der Waals surface area contributed by atoms with Crippen LogP contribution in [0.1, 0.15) is 98.3 Å². The van der Waals surface area contributed by atoms with E-state index in [1.165, 1.54) is 57.8 Å². The Bertz CT molecular complexity index is 502. The van der Waals surface area contributed by atoms with Crippen LogP contribution in [0.4, 0.5) is 0 Å². The molecule has 0 heterocycles. The summed E-state index contributed by atoms with van der Waals surface area (Å²) in [7, 11) is 0. The molecular formula is C24H40. The lowest BCUT2D eigenvalue weighted by Crippen LogP contribution is -2.51. The molecular weight excluding hydrogens is 288 g/mol. The van der Waals surface area contributed by atoms with Crippen LogP contribution in [-0.2, 0) is 0 Å². The Labute approximate surface area is 150 Å². The molecule has 0 heteroatoms. The summed E-state index contributed by atoms with van der Waals surface area (Å²) in [6.07, 6.45) is 19.0. The summed E-state index contributed by atoms with van der Waals surface area (Å²) in [6, 6.07) is 0. The van der Waals surface area contributed by atoms with Crippen molar-refractivity contribution in [1.82, 2.24) is 0 Å². The molecule has 0 aromatic rings. The fourth-order valence-corrected chi connectivity index (χ4v) is 8.01. The van der Waals surface area contributed by atoms with E-state index in [-0.39, 0.29) is 0 Å². The molecule has 4 fully saturated rings. The van der Waals surface area contributed by atoms with Crippen molar-refractivity contribution >= 4 is 0 Å². The smallest absolute Gasteiger partial charge is 0.00854 e. The summed E-state index contributed by atoms with van der Waals surface area (Å²) in [5.41, 5.74) is 3.05. The summed E-state index contributed by atoms with van der Waals surface area (Å²) in [6.45, 7) is 10.1. The van der Waals surface area contributed by atoms with E-state index in [1.807, 2.05) is 5.57 Å². The minimum Gasteiger partial charge on any atom is -0.0879 e. The van der Waals surface area contributed by atoms with Crippen LogP contribution in [0.3, 0.4) is 0 Å². The Morgan fingerprint density at radius 1 is 0.833 bits per heavy atom. The molecule has 136 valence electrons. The van der Waals surface area contributed by atoms with E-state index in [0.717, 1.165) is 29.6 Å². The van der Waals surface area contributed by atoms with Gasteiger partial charge in [-0.2, -0.15) is 0 Å². The standard InChI is InChI=1S/C24H40/c1-5-18-7-6-8-22-20-12-15-23(3)14-11-17(2)9-10-21(23)19(20)13-16-24(18,22)4/h5,17,19-22H,6-16H2,1-4H3/b18-5-. The molecule has 0 radical (unpaired) electrons. The van der Waals surface area contributed by atoms with E-state index in [0.29, 0.717) is 10.8 Å². The van der Waals surface area contributed by atoms with E-state index < -0.39 is 0 Å². The number of hydrogen-bond acceptors (Lipinski definition) is 0. The van der Waals surface area contributed by atoms with Gasteiger partial charge in [0.2, 0.25) is 0 Å². The van der Waals surface area contributed by atoms with Gasteiger partial charge in [0.05, 0.1) is 0 Å². The fourth-order valence-electron chi connectivity index (χ4n) is 8.01. The molecule has 4 saturated carbocycles. The highest BCUT2D eigenvalue weighted by molar-refractivity contribution is 5.20. The van der Waals surface area contributed by atoms with Crippen molar-refractivity contribution in [3.05, 3.63) is 11.6 Å². The lowest BCUT2D eigenvalue weighted by atomic mass is 9.45. The van der Waals surface area contributed by atoms with Crippen LogP contribution in [0, 0.1) is 40.4 Å². The number of rotatable bonds is 0.